The van der Waals surface area contributed by atoms with Crippen LogP contribution in [0, 0.1) is 0 Å². The Morgan fingerprint density at radius 3 is 2.91 bits per heavy atom. The summed E-state index contributed by atoms with van der Waals surface area (Å²) in [7, 11) is 0. The Hall–Kier alpha value is -1.86. The average Bonchev–Trinajstić information content (AvgIpc) is 3.09. The van der Waals surface area contributed by atoms with Gasteiger partial charge in [0.05, 0.1) is 16.8 Å². The van der Waals surface area contributed by atoms with Crippen molar-refractivity contribution >= 4 is 35.0 Å². The van der Waals surface area contributed by atoms with Gasteiger partial charge in [0.1, 0.15) is 0 Å². The zero-order valence-corrected chi connectivity index (χ0v) is 14.4. The summed E-state index contributed by atoms with van der Waals surface area (Å²) in [6, 6.07) is 7.22. The van der Waals surface area contributed by atoms with Gasteiger partial charge in [-0.2, -0.15) is 0 Å². The van der Waals surface area contributed by atoms with E-state index >= 15 is 0 Å². The molecule has 7 heteroatoms. The van der Waals surface area contributed by atoms with Crippen LogP contribution in [0.3, 0.4) is 0 Å². The molecule has 1 N–H and O–H groups in total. The largest absolute Gasteiger partial charge is 0.452 e. The summed E-state index contributed by atoms with van der Waals surface area (Å²) in [4.78, 5) is 28.7. The van der Waals surface area contributed by atoms with Crippen LogP contribution in [0.15, 0.2) is 40.1 Å². The number of carbonyl (C=O) groups excluding carboxylic acids is 2. The minimum absolute atomic E-state index is 0.260. The van der Waals surface area contributed by atoms with Gasteiger partial charge >= 0.3 is 5.97 Å². The molecule has 0 radical (unpaired) electrons. The van der Waals surface area contributed by atoms with Crippen LogP contribution in [0.25, 0.3) is 0 Å². The number of benzene rings is 1. The second kappa shape index (κ2) is 9.32. The maximum absolute atomic E-state index is 12.2. The van der Waals surface area contributed by atoms with Crippen LogP contribution >= 0.6 is 23.1 Å². The predicted molar refractivity (Wildman–Crippen MR) is 91.7 cm³/mol. The number of nitrogens with one attached hydrogen (secondary N) is 1. The normalized spacial score (nSPS) is 10.3. The maximum Gasteiger partial charge on any atom is 0.339 e. The highest BCUT2D eigenvalue weighted by atomic mass is 32.2. The standard InChI is InChI=1S/C16H18N2O3S2/c1-2-7-17-15(19)8-21-16(20)13-5-3-4-6-14(13)23-10-12-9-22-11-18-12/h3-6,9,11H,2,7-8,10H2,1H3,(H,17,19). The van der Waals surface area contributed by atoms with Crippen LogP contribution in [0.1, 0.15) is 29.4 Å². The highest BCUT2D eigenvalue weighted by Gasteiger charge is 2.14. The second-order valence-corrected chi connectivity index (χ2v) is 6.43. The number of esters is 1. The first-order valence-electron chi connectivity index (χ1n) is 7.23. The number of rotatable bonds is 8. The zero-order valence-electron chi connectivity index (χ0n) is 12.8. The Labute approximate surface area is 143 Å². The third kappa shape index (κ3) is 5.69. The van der Waals surface area contributed by atoms with Gasteiger partial charge in [-0.25, -0.2) is 9.78 Å². The SMILES string of the molecule is CCCNC(=O)COC(=O)c1ccccc1SCc1cscn1. The third-order valence-corrected chi connectivity index (χ3v) is 4.61. The topological polar surface area (TPSA) is 68.3 Å². The van der Waals surface area contributed by atoms with Gasteiger partial charge in [0.25, 0.3) is 5.91 Å². The van der Waals surface area contributed by atoms with Gasteiger partial charge in [0.2, 0.25) is 0 Å². The molecular weight excluding hydrogens is 332 g/mol. The number of amides is 1. The predicted octanol–water partition coefficient (Wildman–Crippen LogP) is 3.12. The first-order valence-corrected chi connectivity index (χ1v) is 9.16. The van der Waals surface area contributed by atoms with Crippen LogP contribution < -0.4 is 5.32 Å². The van der Waals surface area contributed by atoms with Crippen molar-refractivity contribution in [3.05, 3.63) is 46.4 Å². The molecule has 1 aromatic heterocycles. The molecule has 0 aliphatic rings. The van der Waals surface area contributed by atoms with Gasteiger partial charge < -0.3 is 10.1 Å². The van der Waals surface area contributed by atoms with Crippen molar-refractivity contribution in [2.45, 2.75) is 24.0 Å². The molecule has 23 heavy (non-hydrogen) atoms. The van der Waals surface area contributed by atoms with E-state index in [2.05, 4.69) is 10.3 Å². The first kappa shape index (κ1) is 17.5. The van der Waals surface area contributed by atoms with E-state index in [1.165, 1.54) is 11.8 Å². The maximum atomic E-state index is 12.2. The summed E-state index contributed by atoms with van der Waals surface area (Å²) >= 11 is 3.07. The lowest BCUT2D eigenvalue weighted by Crippen LogP contribution is -2.29. The van der Waals surface area contributed by atoms with E-state index in [0.29, 0.717) is 17.9 Å². The zero-order chi connectivity index (χ0) is 16.5. The number of ether oxygens (including phenoxy) is 1. The highest BCUT2D eigenvalue weighted by Crippen LogP contribution is 2.26. The molecule has 2 rings (SSSR count). The summed E-state index contributed by atoms with van der Waals surface area (Å²) in [5, 5.41) is 4.65. The molecule has 2 aromatic rings. The number of hydrogen-bond acceptors (Lipinski definition) is 6. The molecule has 5 nitrogen and oxygen atoms in total. The van der Waals surface area contributed by atoms with Crippen molar-refractivity contribution in [3.8, 4) is 0 Å². The Balaban J connectivity index is 1.93. The number of aromatic nitrogens is 1. The first-order chi connectivity index (χ1) is 11.2. The summed E-state index contributed by atoms with van der Waals surface area (Å²) < 4.78 is 5.09. The molecule has 0 saturated carbocycles. The van der Waals surface area contributed by atoms with E-state index < -0.39 is 5.97 Å². The molecule has 0 atom stereocenters. The molecular formula is C16H18N2O3S2. The van der Waals surface area contributed by atoms with Gasteiger partial charge in [0, 0.05) is 22.6 Å². The lowest BCUT2D eigenvalue weighted by atomic mass is 10.2. The summed E-state index contributed by atoms with van der Waals surface area (Å²) in [6.07, 6.45) is 0.843. The highest BCUT2D eigenvalue weighted by molar-refractivity contribution is 7.98. The van der Waals surface area contributed by atoms with Crippen molar-refractivity contribution in [3.63, 3.8) is 0 Å². The van der Waals surface area contributed by atoms with E-state index in [1.807, 2.05) is 24.4 Å². The van der Waals surface area contributed by atoms with E-state index in [-0.39, 0.29) is 12.5 Å². The fourth-order valence-corrected chi connectivity index (χ4v) is 3.35. The van der Waals surface area contributed by atoms with Crippen LogP contribution in [0.4, 0.5) is 0 Å². The number of thiazole rings is 1. The van der Waals surface area contributed by atoms with Crippen molar-refractivity contribution in [2.24, 2.45) is 0 Å². The molecule has 0 bridgehead atoms. The second-order valence-electron chi connectivity index (χ2n) is 4.69. The summed E-state index contributed by atoms with van der Waals surface area (Å²) in [5.74, 6) is -0.0871. The van der Waals surface area contributed by atoms with Crippen molar-refractivity contribution in [2.75, 3.05) is 13.2 Å². The molecule has 1 aromatic carbocycles. The Bertz CT molecular complexity index is 645. The summed E-state index contributed by atoms with van der Waals surface area (Å²) in [5.41, 5.74) is 3.23. The number of thioether (sulfide) groups is 1. The van der Waals surface area contributed by atoms with E-state index in [9.17, 15) is 9.59 Å². The van der Waals surface area contributed by atoms with Gasteiger partial charge in [-0.3, -0.25) is 4.79 Å². The van der Waals surface area contributed by atoms with Gasteiger partial charge in [-0.1, -0.05) is 19.1 Å². The van der Waals surface area contributed by atoms with Crippen LogP contribution in [-0.2, 0) is 15.3 Å². The minimum Gasteiger partial charge on any atom is -0.452 e. The quantitative estimate of drug-likeness (QED) is 0.585. The third-order valence-electron chi connectivity index (χ3n) is 2.87. The molecule has 0 saturated heterocycles. The fraction of sp³-hybridized carbons (Fsp3) is 0.312. The van der Waals surface area contributed by atoms with E-state index in [0.717, 1.165) is 17.0 Å². The lowest BCUT2D eigenvalue weighted by Gasteiger charge is -2.09. The molecule has 122 valence electrons. The van der Waals surface area contributed by atoms with Crippen molar-refractivity contribution in [1.29, 1.82) is 0 Å². The van der Waals surface area contributed by atoms with E-state index in [4.69, 9.17) is 4.74 Å². The van der Waals surface area contributed by atoms with Gasteiger partial charge in [-0.15, -0.1) is 23.1 Å². The Morgan fingerprint density at radius 1 is 1.35 bits per heavy atom. The number of hydrogen-bond donors (Lipinski definition) is 1. The minimum atomic E-state index is -0.488. The molecule has 0 spiro atoms. The smallest absolute Gasteiger partial charge is 0.339 e. The van der Waals surface area contributed by atoms with Crippen LogP contribution in [0.5, 0.6) is 0 Å². The Morgan fingerprint density at radius 2 is 2.17 bits per heavy atom. The number of carbonyl (C=O) groups is 2. The van der Waals surface area contributed by atoms with Crippen LogP contribution in [0.2, 0.25) is 0 Å². The average molecular weight is 350 g/mol. The fourth-order valence-electron chi connectivity index (χ4n) is 1.75. The number of nitrogens with zero attached hydrogens (tertiary/aromatic N) is 1. The monoisotopic (exact) mass is 350 g/mol. The van der Waals surface area contributed by atoms with Gasteiger partial charge in [0.15, 0.2) is 6.61 Å². The summed E-state index contributed by atoms with van der Waals surface area (Å²) in [6.45, 7) is 2.28. The van der Waals surface area contributed by atoms with E-state index in [1.54, 1.807) is 29.0 Å². The Kier molecular flexibility index (Phi) is 7.09. The molecule has 0 aliphatic carbocycles. The molecule has 0 fully saturated rings. The lowest BCUT2D eigenvalue weighted by molar-refractivity contribution is -0.124. The van der Waals surface area contributed by atoms with Crippen molar-refractivity contribution in [1.82, 2.24) is 10.3 Å². The van der Waals surface area contributed by atoms with Crippen molar-refractivity contribution < 1.29 is 14.3 Å². The molecule has 1 amide bonds. The molecule has 0 aliphatic heterocycles. The van der Waals surface area contributed by atoms with Gasteiger partial charge in [-0.05, 0) is 18.6 Å². The molecule has 1 heterocycles. The van der Waals surface area contributed by atoms with Crippen LogP contribution in [-0.4, -0.2) is 30.0 Å². The molecule has 0 unspecified atom stereocenters.